The SMILES string of the molecule is c1ccc2cc(-c3ccc4c(c3)-c3cccc5c(-c6nc(-c7ccc8ccccc8c7)c7oc8ccccc8c7n6)ccc(c35)S4)ccc2c1. The second-order valence-corrected chi connectivity index (χ2v) is 14.0. The van der Waals surface area contributed by atoms with Crippen molar-refractivity contribution in [2.75, 3.05) is 0 Å². The van der Waals surface area contributed by atoms with E-state index >= 15 is 0 Å². The highest BCUT2D eigenvalue weighted by atomic mass is 32.2. The van der Waals surface area contributed by atoms with Gasteiger partial charge < -0.3 is 4.42 Å². The summed E-state index contributed by atoms with van der Waals surface area (Å²) in [5.41, 5.74) is 10.1. The number of hydrogen-bond acceptors (Lipinski definition) is 4. The Kier molecular flexibility index (Phi) is 5.89. The molecule has 0 saturated heterocycles. The standard InChI is InChI=1S/C46H26N2OS/c1-3-10-29-24-31(18-16-27(29)8-1)32-20-22-40-38(26-32)35-14-7-13-34-36(21-23-41(50-40)42(34)35)46-47-43(33-19-17-28-9-2-4-11-30(28)25-33)45-44(48-46)37-12-5-6-15-39(37)49-45/h1-26H. The van der Waals surface area contributed by atoms with E-state index in [2.05, 4.69) is 140 Å². The first-order valence-electron chi connectivity index (χ1n) is 16.8. The van der Waals surface area contributed by atoms with E-state index in [1.165, 1.54) is 53.6 Å². The lowest BCUT2D eigenvalue weighted by Gasteiger charge is -2.22. The van der Waals surface area contributed by atoms with Crippen LogP contribution in [0.1, 0.15) is 0 Å². The van der Waals surface area contributed by atoms with Crippen molar-refractivity contribution >= 4 is 66.1 Å². The first-order chi connectivity index (χ1) is 24.7. The van der Waals surface area contributed by atoms with Crippen LogP contribution in [-0.4, -0.2) is 9.97 Å². The molecule has 10 aromatic rings. The number of nitrogens with zero attached hydrogens (tertiary/aromatic N) is 2. The van der Waals surface area contributed by atoms with Crippen molar-refractivity contribution in [2.45, 2.75) is 9.79 Å². The Hall–Kier alpha value is -6.23. The number of furan rings is 1. The smallest absolute Gasteiger partial charge is 0.180 e. The monoisotopic (exact) mass is 654 g/mol. The van der Waals surface area contributed by atoms with Crippen molar-refractivity contribution in [2.24, 2.45) is 0 Å². The van der Waals surface area contributed by atoms with Crippen molar-refractivity contribution in [3.63, 3.8) is 0 Å². The van der Waals surface area contributed by atoms with E-state index < -0.39 is 0 Å². The Morgan fingerprint density at radius 1 is 0.440 bits per heavy atom. The molecular formula is C46H26N2OS. The second-order valence-electron chi connectivity index (χ2n) is 12.9. The fourth-order valence-electron chi connectivity index (χ4n) is 7.62. The van der Waals surface area contributed by atoms with E-state index in [0.29, 0.717) is 11.4 Å². The van der Waals surface area contributed by atoms with Crippen LogP contribution in [0.25, 0.3) is 99.3 Å². The molecule has 1 aliphatic heterocycles. The Morgan fingerprint density at radius 2 is 1.10 bits per heavy atom. The predicted molar refractivity (Wildman–Crippen MR) is 208 cm³/mol. The van der Waals surface area contributed by atoms with Crippen molar-refractivity contribution in [3.05, 3.63) is 158 Å². The molecule has 0 bridgehead atoms. The molecule has 2 aromatic heterocycles. The highest BCUT2D eigenvalue weighted by molar-refractivity contribution is 7.99. The summed E-state index contributed by atoms with van der Waals surface area (Å²) in [5.74, 6) is 0.691. The molecule has 0 radical (unpaired) electrons. The Balaban J connectivity index is 1.12. The minimum Gasteiger partial charge on any atom is -0.452 e. The van der Waals surface area contributed by atoms with Gasteiger partial charge in [0.05, 0.1) is 0 Å². The second kappa shape index (κ2) is 10.6. The van der Waals surface area contributed by atoms with Crippen molar-refractivity contribution in [3.8, 4) is 44.9 Å². The third kappa shape index (κ3) is 4.19. The van der Waals surface area contributed by atoms with E-state index in [1.807, 2.05) is 30.0 Å². The summed E-state index contributed by atoms with van der Waals surface area (Å²) < 4.78 is 6.48. The van der Waals surface area contributed by atoms with Gasteiger partial charge in [-0.3, -0.25) is 0 Å². The summed E-state index contributed by atoms with van der Waals surface area (Å²) in [4.78, 5) is 13.1. The van der Waals surface area contributed by atoms with Gasteiger partial charge in [-0.25, -0.2) is 9.97 Å². The molecule has 8 aromatic carbocycles. The van der Waals surface area contributed by atoms with Gasteiger partial charge in [-0.1, -0.05) is 121 Å². The van der Waals surface area contributed by atoms with Gasteiger partial charge >= 0.3 is 0 Å². The topological polar surface area (TPSA) is 38.9 Å². The molecule has 0 unspecified atom stereocenters. The van der Waals surface area contributed by atoms with E-state index in [4.69, 9.17) is 14.4 Å². The first kappa shape index (κ1) is 27.7. The van der Waals surface area contributed by atoms with Crippen LogP contribution in [0.2, 0.25) is 0 Å². The van der Waals surface area contributed by atoms with Crippen LogP contribution in [0.5, 0.6) is 0 Å². The maximum Gasteiger partial charge on any atom is 0.180 e. The molecule has 3 nitrogen and oxygen atoms in total. The summed E-state index contributed by atoms with van der Waals surface area (Å²) in [5, 5.41) is 8.23. The molecule has 0 fully saturated rings. The third-order valence-corrected chi connectivity index (χ3v) is 11.2. The van der Waals surface area contributed by atoms with Gasteiger partial charge in [-0.15, -0.1) is 0 Å². The predicted octanol–water partition coefficient (Wildman–Crippen LogP) is 13.0. The Bertz CT molecular complexity index is 3030. The van der Waals surface area contributed by atoms with Gasteiger partial charge in [0, 0.05) is 31.7 Å². The summed E-state index contributed by atoms with van der Waals surface area (Å²) in [6.45, 7) is 0. The van der Waals surface area contributed by atoms with Gasteiger partial charge in [0.2, 0.25) is 0 Å². The lowest BCUT2D eigenvalue weighted by molar-refractivity contribution is 0.667. The van der Waals surface area contributed by atoms with Gasteiger partial charge in [0.15, 0.2) is 11.4 Å². The molecule has 0 amide bonds. The number of fused-ring (bicyclic) bond motifs is 7. The van der Waals surface area contributed by atoms with Crippen molar-refractivity contribution in [1.29, 1.82) is 0 Å². The molecular weight excluding hydrogens is 629 g/mol. The highest BCUT2D eigenvalue weighted by Crippen LogP contribution is 2.50. The highest BCUT2D eigenvalue weighted by Gasteiger charge is 2.24. The fraction of sp³-hybridized carbons (Fsp3) is 0. The molecule has 0 aliphatic carbocycles. The zero-order chi connectivity index (χ0) is 32.8. The molecule has 3 heterocycles. The molecule has 50 heavy (non-hydrogen) atoms. The molecule has 0 N–H and O–H groups in total. The molecule has 0 spiro atoms. The lowest BCUT2D eigenvalue weighted by Crippen LogP contribution is -1.98. The van der Waals surface area contributed by atoms with Crippen LogP contribution in [0.15, 0.2) is 172 Å². The number of benzene rings is 8. The van der Waals surface area contributed by atoms with Gasteiger partial charge in [-0.05, 0) is 97.7 Å². The van der Waals surface area contributed by atoms with Crippen LogP contribution >= 0.6 is 11.8 Å². The first-order valence-corrected chi connectivity index (χ1v) is 17.6. The average molecular weight is 655 g/mol. The number of rotatable bonds is 3. The summed E-state index contributed by atoms with van der Waals surface area (Å²) >= 11 is 1.84. The van der Waals surface area contributed by atoms with Crippen LogP contribution in [-0.2, 0) is 0 Å². The molecule has 11 rings (SSSR count). The van der Waals surface area contributed by atoms with E-state index in [9.17, 15) is 0 Å². The van der Waals surface area contributed by atoms with Crippen LogP contribution in [0, 0.1) is 0 Å². The maximum absolute atomic E-state index is 6.48. The maximum atomic E-state index is 6.48. The zero-order valence-electron chi connectivity index (χ0n) is 26.7. The largest absolute Gasteiger partial charge is 0.452 e. The van der Waals surface area contributed by atoms with E-state index in [1.54, 1.807) is 0 Å². The number of aromatic nitrogens is 2. The number of para-hydroxylation sites is 1. The molecule has 0 atom stereocenters. The third-order valence-electron chi connectivity index (χ3n) is 10.1. The van der Waals surface area contributed by atoms with Crippen molar-refractivity contribution < 1.29 is 4.42 Å². The molecule has 232 valence electrons. The summed E-state index contributed by atoms with van der Waals surface area (Å²) in [7, 11) is 0. The fourth-order valence-corrected chi connectivity index (χ4v) is 8.73. The molecule has 4 heteroatoms. The zero-order valence-corrected chi connectivity index (χ0v) is 27.5. The van der Waals surface area contributed by atoms with Gasteiger partial charge in [0.1, 0.15) is 16.8 Å². The summed E-state index contributed by atoms with van der Waals surface area (Å²) in [6, 6.07) is 56.3. The van der Waals surface area contributed by atoms with Crippen LogP contribution in [0.4, 0.5) is 0 Å². The Morgan fingerprint density at radius 3 is 1.94 bits per heavy atom. The average Bonchev–Trinajstić information content (AvgIpc) is 3.56. The summed E-state index contributed by atoms with van der Waals surface area (Å²) in [6.07, 6.45) is 0. The van der Waals surface area contributed by atoms with E-state index in [0.717, 1.165) is 44.1 Å². The quantitative estimate of drug-likeness (QED) is 0.190. The van der Waals surface area contributed by atoms with Gasteiger partial charge in [-0.2, -0.15) is 0 Å². The normalized spacial score (nSPS) is 12.3. The minimum absolute atomic E-state index is 0.691. The number of hydrogen-bond donors (Lipinski definition) is 0. The van der Waals surface area contributed by atoms with Gasteiger partial charge in [0.25, 0.3) is 0 Å². The van der Waals surface area contributed by atoms with E-state index in [-0.39, 0.29) is 0 Å². The van der Waals surface area contributed by atoms with Crippen LogP contribution < -0.4 is 0 Å². The Labute approximate surface area is 291 Å². The molecule has 1 aliphatic rings. The minimum atomic E-state index is 0.691. The van der Waals surface area contributed by atoms with Crippen molar-refractivity contribution in [1.82, 2.24) is 9.97 Å². The van der Waals surface area contributed by atoms with Crippen LogP contribution in [0.3, 0.4) is 0 Å². The molecule has 0 saturated carbocycles. The lowest BCUT2D eigenvalue weighted by atomic mass is 9.92.